The minimum Gasteiger partial charge on any atom is -0.422 e. The van der Waals surface area contributed by atoms with Crippen LogP contribution in [0.4, 0.5) is 10.2 Å². The summed E-state index contributed by atoms with van der Waals surface area (Å²) >= 11 is 0. The summed E-state index contributed by atoms with van der Waals surface area (Å²) in [5.74, 6) is -0.472. The fourth-order valence-corrected chi connectivity index (χ4v) is 4.29. The van der Waals surface area contributed by atoms with Crippen molar-refractivity contribution in [3.8, 4) is 17.1 Å². The normalized spacial score (nSPS) is 11.7. The van der Waals surface area contributed by atoms with Crippen molar-refractivity contribution >= 4 is 37.8 Å². The van der Waals surface area contributed by atoms with Crippen LogP contribution in [0.3, 0.4) is 0 Å². The van der Waals surface area contributed by atoms with Crippen LogP contribution in [-0.2, 0) is 10.1 Å². The lowest BCUT2D eigenvalue weighted by atomic mass is 10.1. The van der Waals surface area contributed by atoms with Crippen LogP contribution in [-0.4, -0.2) is 18.4 Å². The highest BCUT2D eigenvalue weighted by molar-refractivity contribution is 7.87. The Morgan fingerprint density at radius 3 is 2.48 bits per heavy atom. The van der Waals surface area contributed by atoms with Crippen molar-refractivity contribution in [3.63, 3.8) is 0 Å². The first kappa shape index (κ1) is 20.6. The first-order valence-electron chi connectivity index (χ1n) is 9.61. The number of para-hydroxylation sites is 1. The number of fused-ring (bicyclic) bond motifs is 3. The maximum Gasteiger partial charge on any atom is 0.349 e. The monoisotopic (exact) mass is 463 g/mol. The predicted molar refractivity (Wildman–Crippen MR) is 120 cm³/mol. The van der Waals surface area contributed by atoms with E-state index >= 15 is 0 Å². The minimum atomic E-state index is -4.19. The summed E-state index contributed by atoms with van der Waals surface area (Å²) in [5.41, 5.74) is 6.46. The fourth-order valence-electron chi connectivity index (χ4n) is 3.37. The van der Waals surface area contributed by atoms with Gasteiger partial charge >= 0.3 is 15.7 Å². The van der Waals surface area contributed by atoms with E-state index < -0.39 is 21.6 Å². The molecule has 0 aliphatic rings. The van der Waals surface area contributed by atoms with E-state index in [4.69, 9.17) is 14.3 Å². The lowest BCUT2D eigenvalue weighted by molar-refractivity contribution is 0.486. The maximum absolute atomic E-state index is 13.1. The number of nitrogens with zero attached hydrogens (tertiary/aromatic N) is 2. The molecule has 2 aromatic heterocycles. The molecule has 10 heteroatoms. The average molecular weight is 463 g/mol. The van der Waals surface area contributed by atoms with Gasteiger partial charge in [0, 0.05) is 10.9 Å². The molecule has 2 N–H and O–H groups in total. The van der Waals surface area contributed by atoms with Gasteiger partial charge in [-0.05, 0) is 48.5 Å². The maximum atomic E-state index is 13.1. The number of nitrogens with two attached hydrogens (primary N) is 1. The summed E-state index contributed by atoms with van der Waals surface area (Å²) in [4.78, 5) is 20.9. The Labute approximate surface area is 186 Å². The number of rotatable bonds is 4. The molecule has 5 aromatic rings. The third kappa shape index (κ3) is 3.76. The van der Waals surface area contributed by atoms with Crippen LogP contribution in [0.25, 0.3) is 33.3 Å². The van der Waals surface area contributed by atoms with Crippen molar-refractivity contribution in [1.82, 2.24) is 9.97 Å². The van der Waals surface area contributed by atoms with E-state index in [9.17, 15) is 17.6 Å². The van der Waals surface area contributed by atoms with Crippen LogP contribution in [0.1, 0.15) is 0 Å². The van der Waals surface area contributed by atoms with Gasteiger partial charge < -0.3 is 14.3 Å². The summed E-state index contributed by atoms with van der Waals surface area (Å²) in [6.07, 6.45) is 0. The van der Waals surface area contributed by atoms with Gasteiger partial charge in [0.1, 0.15) is 33.2 Å². The summed E-state index contributed by atoms with van der Waals surface area (Å²) in [7, 11) is -4.19. The summed E-state index contributed by atoms with van der Waals surface area (Å²) in [6.45, 7) is 0. The molecule has 164 valence electrons. The van der Waals surface area contributed by atoms with Crippen LogP contribution in [0, 0.1) is 5.82 Å². The molecule has 5 rings (SSSR count). The van der Waals surface area contributed by atoms with Crippen molar-refractivity contribution in [2.75, 3.05) is 5.73 Å². The van der Waals surface area contributed by atoms with Gasteiger partial charge in [-0.15, -0.1) is 0 Å². The van der Waals surface area contributed by atoms with E-state index in [0.717, 1.165) is 24.3 Å². The Morgan fingerprint density at radius 1 is 0.939 bits per heavy atom. The lowest BCUT2D eigenvalue weighted by Crippen LogP contribution is -2.10. The van der Waals surface area contributed by atoms with Gasteiger partial charge in [-0.2, -0.15) is 8.42 Å². The number of aromatic nitrogens is 2. The second kappa shape index (κ2) is 7.68. The average Bonchev–Trinajstić information content (AvgIpc) is 2.79. The van der Waals surface area contributed by atoms with Crippen LogP contribution in [0.2, 0.25) is 0 Å². The Kier molecular flexibility index (Phi) is 4.79. The molecule has 0 aliphatic heterocycles. The van der Waals surface area contributed by atoms with Gasteiger partial charge in [0.05, 0.1) is 5.52 Å². The number of benzene rings is 3. The van der Waals surface area contributed by atoms with Gasteiger partial charge in [0.15, 0.2) is 5.82 Å². The summed E-state index contributed by atoms with van der Waals surface area (Å²) < 4.78 is 48.7. The van der Waals surface area contributed by atoms with Gasteiger partial charge in [-0.25, -0.2) is 19.2 Å². The van der Waals surface area contributed by atoms with Crippen LogP contribution < -0.4 is 15.5 Å². The Morgan fingerprint density at radius 2 is 1.70 bits per heavy atom. The summed E-state index contributed by atoms with van der Waals surface area (Å²) in [6, 6.07) is 17.2. The number of halogens is 1. The van der Waals surface area contributed by atoms with Crippen LogP contribution in [0.5, 0.6) is 5.75 Å². The van der Waals surface area contributed by atoms with Gasteiger partial charge in [-0.1, -0.05) is 24.3 Å². The van der Waals surface area contributed by atoms with Gasteiger partial charge in [-0.3, -0.25) is 0 Å². The molecule has 0 bridgehead atoms. The highest BCUT2D eigenvalue weighted by atomic mass is 32.2. The highest BCUT2D eigenvalue weighted by Crippen LogP contribution is 2.29. The molecule has 0 unspecified atom stereocenters. The Hall–Kier alpha value is -4.31. The molecule has 0 radical (unpaired) electrons. The van der Waals surface area contributed by atoms with Crippen LogP contribution >= 0.6 is 0 Å². The summed E-state index contributed by atoms with van der Waals surface area (Å²) in [5, 5.41) is 0.637. The zero-order chi connectivity index (χ0) is 23.2. The molecule has 33 heavy (non-hydrogen) atoms. The van der Waals surface area contributed by atoms with Crippen molar-refractivity contribution in [2.45, 2.75) is 4.90 Å². The molecular weight excluding hydrogens is 449 g/mol. The SMILES string of the molecule is Nc1nc(-c2cccc(OS(=O)(=O)c3ccc(F)cc3)c2)nc2c1c(=O)oc1ccccc12. The zero-order valence-electron chi connectivity index (χ0n) is 16.7. The topological polar surface area (TPSA) is 125 Å². The van der Waals surface area contributed by atoms with E-state index in [-0.39, 0.29) is 27.7 Å². The van der Waals surface area contributed by atoms with Crippen molar-refractivity contribution in [2.24, 2.45) is 0 Å². The molecule has 0 saturated carbocycles. The number of hydrogen-bond acceptors (Lipinski definition) is 8. The van der Waals surface area contributed by atoms with Gasteiger partial charge in [0.2, 0.25) is 0 Å². The second-order valence-electron chi connectivity index (χ2n) is 7.06. The first-order chi connectivity index (χ1) is 15.8. The van der Waals surface area contributed by atoms with E-state index in [1.165, 1.54) is 12.1 Å². The first-order valence-corrected chi connectivity index (χ1v) is 11.0. The molecule has 8 nitrogen and oxygen atoms in total. The molecule has 0 saturated heterocycles. The zero-order valence-corrected chi connectivity index (χ0v) is 17.5. The van der Waals surface area contributed by atoms with Crippen molar-refractivity contribution < 1.29 is 21.4 Å². The molecular formula is C23H14FN3O5S. The molecule has 2 heterocycles. The third-order valence-corrected chi connectivity index (χ3v) is 6.15. The molecule has 3 aromatic carbocycles. The van der Waals surface area contributed by atoms with E-state index in [1.807, 2.05) is 0 Å². The molecule has 0 amide bonds. The highest BCUT2D eigenvalue weighted by Gasteiger charge is 2.19. The van der Waals surface area contributed by atoms with E-state index in [0.29, 0.717) is 22.0 Å². The Balaban J connectivity index is 1.60. The van der Waals surface area contributed by atoms with E-state index in [2.05, 4.69) is 9.97 Å². The largest absolute Gasteiger partial charge is 0.422 e. The number of nitrogen functional groups attached to an aromatic ring is 1. The van der Waals surface area contributed by atoms with Gasteiger partial charge in [0.25, 0.3) is 0 Å². The van der Waals surface area contributed by atoms with E-state index in [1.54, 1.807) is 36.4 Å². The third-order valence-electron chi connectivity index (χ3n) is 4.89. The second-order valence-corrected chi connectivity index (χ2v) is 8.61. The minimum absolute atomic E-state index is 0.00322. The fraction of sp³-hybridized carbons (Fsp3) is 0. The molecule has 0 atom stereocenters. The van der Waals surface area contributed by atoms with Crippen LogP contribution in [0.15, 0.2) is 86.9 Å². The predicted octanol–water partition coefficient (Wildman–Crippen LogP) is 3.89. The molecule has 0 aliphatic carbocycles. The number of anilines is 1. The lowest BCUT2D eigenvalue weighted by Gasteiger charge is -2.10. The van der Waals surface area contributed by atoms with Crippen molar-refractivity contribution in [3.05, 3.63) is 89.0 Å². The Bertz CT molecular complexity index is 1700. The molecule has 0 spiro atoms. The molecule has 0 fully saturated rings. The quantitative estimate of drug-likeness (QED) is 0.242. The number of hydrogen-bond donors (Lipinski definition) is 1. The standard InChI is InChI=1S/C23H14FN3O5S/c24-14-8-10-16(11-9-14)33(29,30)32-15-5-3-4-13(12-15)22-26-20-17-6-1-2-7-18(17)31-23(28)19(20)21(25)27-22/h1-12H,(H2,25,26,27). The van der Waals surface area contributed by atoms with Crippen molar-refractivity contribution in [1.29, 1.82) is 0 Å². The smallest absolute Gasteiger partial charge is 0.349 e.